The minimum atomic E-state index is -0.457. The fraction of sp³-hybridized carbons (Fsp3) is 0.462. The van der Waals surface area contributed by atoms with Crippen molar-refractivity contribution in [3.63, 3.8) is 0 Å². The lowest BCUT2D eigenvalue weighted by atomic mass is 10.1. The Morgan fingerprint density at radius 1 is 1.32 bits per heavy atom. The van der Waals surface area contributed by atoms with Crippen LogP contribution in [0.3, 0.4) is 0 Å². The molecule has 0 fully saturated rings. The Morgan fingerprint density at radius 3 is 2.42 bits per heavy atom. The van der Waals surface area contributed by atoms with E-state index in [-0.39, 0.29) is 18.3 Å². The molecule has 0 atom stereocenters. The first-order valence-electron chi connectivity index (χ1n) is 5.67. The first kappa shape index (κ1) is 17.5. The van der Waals surface area contributed by atoms with E-state index in [0.29, 0.717) is 23.6 Å². The molecule has 0 aliphatic rings. The normalized spacial score (nSPS) is 10.4. The van der Waals surface area contributed by atoms with Crippen molar-refractivity contribution < 1.29 is 14.3 Å². The SMILES string of the molecule is COc1cccc(C(=O)NCC(C)(C)N)c1OC.Cl. The molecule has 0 heterocycles. The zero-order valence-electron chi connectivity index (χ0n) is 11.6. The number of hydrogen-bond acceptors (Lipinski definition) is 4. The average molecular weight is 289 g/mol. The number of para-hydroxylation sites is 1. The maximum atomic E-state index is 12.0. The summed E-state index contributed by atoms with van der Waals surface area (Å²) in [6.45, 7) is 4.07. The van der Waals surface area contributed by atoms with E-state index in [9.17, 15) is 4.79 Å². The highest BCUT2D eigenvalue weighted by Crippen LogP contribution is 2.30. The number of amides is 1. The Morgan fingerprint density at radius 2 is 1.95 bits per heavy atom. The van der Waals surface area contributed by atoms with Gasteiger partial charge in [-0.2, -0.15) is 0 Å². The molecule has 19 heavy (non-hydrogen) atoms. The molecular formula is C13H21ClN2O3. The van der Waals surface area contributed by atoms with Gasteiger partial charge in [0.25, 0.3) is 5.91 Å². The van der Waals surface area contributed by atoms with Crippen LogP contribution >= 0.6 is 12.4 Å². The molecule has 0 aromatic heterocycles. The van der Waals surface area contributed by atoms with Gasteiger partial charge in [0.2, 0.25) is 0 Å². The molecular weight excluding hydrogens is 268 g/mol. The molecule has 1 amide bonds. The van der Waals surface area contributed by atoms with E-state index in [1.165, 1.54) is 14.2 Å². The Bertz CT molecular complexity index is 430. The molecule has 0 saturated carbocycles. The monoisotopic (exact) mass is 288 g/mol. The maximum Gasteiger partial charge on any atom is 0.255 e. The quantitative estimate of drug-likeness (QED) is 0.863. The molecule has 0 unspecified atom stereocenters. The van der Waals surface area contributed by atoms with Gasteiger partial charge in [-0.1, -0.05) is 6.07 Å². The molecule has 1 aromatic rings. The number of benzene rings is 1. The highest BCUT2D eigenvalue weighted by molar-refractivity contribution is 5.97. The minimum Gasteiger partial charge on any atom is -0.493 e. The molecule has 0 saturated heterocycles. The van der Waals surface area contributed by atoms with Crippen LogP contribution in [0.25, 0.3) is 0 Å². The van der Waals surface area contributed by atoms with Gasteiger partial charge in [-0.25, -0.2) is 0 Å². The van der Waals surface area contributed by atoms with Crippen molar-refractivity contribution in [1.82, 2.24) is 5.32 Å². The topological polar surface area (TPSA) is 73.6 Å². The number of hydrogen-bond donors (Lipinski definition) is 2. The Kier molecular flexibility index (Phi) is 6.65. The third-order valence-corrected chi connectivity index (χ3v) is 2.35. The maximum absolute atomic E-state index is 12.0. The van der Waals surface area contributed by atoms with Gasteiger partial charge in [-0.15, -0.1) is 12.4 Å². The standard InChI is InChI=1S/C13H20N2O3.ClH/c1-13(2,14)8-15-12(16)9-6-5-7-10(17-3)11(9)18-4;/h5-7H,8,14H2,1-4H3,(H,15,16);1H. The summed E-state index contributed by atoms with van der Waals surface area (Å²) >= 11 is 0. The first-order chi connectivity index (χ1) is 8.39. The molecule has 0 spiro atoms. The van der Waals surface area contributed by atoms with Crippen molar-refractivity contribution in [3.8, 4) is 11.5 Å². The van der Waals surface area contributed by atoms with Gasteiger partial charge < -0.3 is 20.5 Å². The molecule has 1 aromatic carbocycles. The van der Waals surface area contributed by atoms with E-state index in [1.54, 1.807) is 18.2 Å². The van der Waals surface area contributed by atoms with Crippen LogP contribution in [-0.2, 0) is 0 Å². The summed E-state index contributed by atoms with van der Waals surface area (Å²) in [5, 5.41) is 2.77. The van der Waals surface area contributed by atoms with Crippen molar-refractivity contribution >= 4 is 18.3 Å². The van der Waals surface area contributed by atoms with Gasteiger partial charge in [0.15, 0.2) is 11.5 Å². The summed E-state index contributed by atoms with van der Waals surface area (Å²) in [4.78, 5) is 12.0. The van der Waals surface area contributed by atoms with Crippen molar-refractivity contribution in [2.24, 2.45) is 5.73 Å². The zero-order chi connectivity index (χ0) is 13.8. The van der Waals surface area contributed by atoms with Crippen LogP contribution in [-0.4, -0.2) is 32.2 Å². The van der Waals surface area contributed by atoms with E-state index in [1.807, 2.05) is 13.8 Å². The van der Waals surface area contributed by atoms with E-state index >= 15 is 0 Å². The van der Waals surface area contributed by atoms with Crippen molar-refractivity contribution in [3.05, 3.63) is 23.8 Å². The summed E-state index contributed by atoms with van der Waals surface area (Å²) < 4.78 is 10.3. The summed E-state index contributed by atoms with van der Waals surface area (Å²) in [6.07, 6.45) is 0. The number of nitrogens with one attached hydrogen (secondary N) is 1. The first-order valence-corrected chi connectivity index (χ1v) is 5.67. The molecule has 0 aliphatic heterocycles. The second kappa shape index (κ2) is 7.21. The van der Waals surface area contributed by atoms with Crippen LogP contribution in [0.5, 0.6) is 11.5 Å². The van der Waals surface area contributed by atoms with Gasteiger partial charge in [0, 0.05) is 12.1 Å². The van der Waals surface area contributed by atoms with Crippen LogP contribution in [0.1, 0.15) is 24.2 Å². The van der Waals surface area contributed by atoms with Gasteiger partial charge in [-0.3, -0.25) is 4.79 Å². The fourth-order valence-corrected chi connectivity index (χ4v) is 1.47. The minimum absolute atomic E-state index is 0. The van der Waals surface area contributed by atoms with E-state index < -0.39 is 5.54 Å². The summed E-state index contributed by atoms with van der Waals surface area (Å²) in [7, 11) is 3.03. The van der Waals surface area contributed by atoms with Crippen LogP contribution in [0.15, 0.2) is 18.2 Å². The molecule has 0 radical (unpaired) electrons. The molecule has 5 nitrogen and oxygen atoms in total. The van der Waals surface area contributed by atoms with E-state index in [4.69, 9.17) is 15.2 Å². The summed E-state index contributed by atoms with van der Waals surface area (Å²) in [5.74, 6) is 0.716. The number of rotatable bonds is 5. The molecule has 1 rings (SSSR count). The van der Waals surface area contributed by atoms with Gasteiger partial charge >= 0.3 is 0 Å². The second-order valence-electron chi connectivity index (χ2n) is 4.71. The average Bonchev–Trinajstić information content (AvgIpc) is 2.33. The van der Waals surface area contributed by atoms with Crippen molar-refractivity contribution in [2.75, 3.05) is 20.8 Å². The number of nitrogens with two attached hydrogens (primary N) is 1. The molecule has 6 heteroatoms. The van der Waals surface area contributed by atoms with Crippen LogP contribution in [0, 0.1) is 0 Å². The van der Waals surface area contributed by atoms with Crippen molar-refractivity contribution in [1.29, 1.82) is 0 Å². The molecule has 0 bridgehead atoms. The number of carbonyl (C=O) groups is 1. The third kappa shape index (κ3) is 4.96. The largest absolute Gasteiger partial charge is 0.493 e. The van der Waals surface area contributed by atoms with Gasteiger partial charge in [0.1, 0.15) is 0 Å². The molecule has 3 N–H and O–H groups in total. The fourth-order valence-electron chi connectivity index (χ4n) is 1.47. The van der Waals surface area contributed by atoms with Crippen LogP contribution in [0.4, 0.5) is 0 Å². The van der Waals surface area contributed by atoms with E-state index in [2.05, 4.69) is 5.32 Å². The molecule has 108 valence electrons. The molecule has 0 aliphatic carbocycles. The predicted octanol–water partition coefficient (Wildman–Crippen LogP) is 1.59. The number of ether oxygens (including phenoxy) is 2. The summed E-state index contributed by atoms with van der Waals surface area (Å²) in [5.41, 5.74) is 5.79. The lowest BCUT2D eigenvalue weighted by Gasteiger charge is -2.19. The Hall–Kier alpha value is -1.46. The third-order valence-electron chi connectivity index (χ3n) is 2.35. The highest BCUT2D eigenvalue weighted by atomic mass is 35.5. The van der Waals surface area contributed by atoms with Gasteiger partial charge in [-0.05, 0) is 26.0 Å². The van der Waals surface area contributed by atoms with Gasteiger partial charge in [0.05, 0.1) is 19.8 Å². The Balaban J connectivity index is 0.00000324. The summed E-state index contributed by atoms with van der Waals surface area (Å²) in [6, 6.07) is 5.16. The highest BCUT2D eigenvalue weighted by Gasteiger charge is 2.18. The Labute approximate surface area is 119 Å². The number of halogens is 1. The lowest BCUT2D eigenvalue weighted by molar-refractivity contribution is 0.0942. The van der Waals surface area contributed by atoms with Crippen LogP contribution < -0.4 is 20.5 Å². The van der Waals surface area contributed by atoms with Crippen LogP contribution in [0.2, 0.25) is 0 Å². The lowest BCUT2D eigenvalue weighted by Crippen LogP contribution is -2.45. The zero-order valence-corrected chi connectivity index (χ0v) is 12.5. The number of methoxy groups -OCH3 is 2. The smallest absolute Gasteiger partial charge is 0.255 e. The predicted molar refractivity (Wildman–Crippen MR) is 77.4 cm³/mol. The second-order valence-corrected chi connectivity index (χ2v) is 4.71. The number of carbonyl (C=O) groups excluding carboxylic acids is 1. The van der Waals surface area contributed by atoms with Crippen molar-refractivity contribution in [2.45, 2.75) is 19.4 Å². The van der Waals surface area contributed by atoms with E-state index in [0.717, 1.165) is 0 Å².